The van der Waals surface area contributed by atoms with E-state index in [0.717, 1.165) is 23.8 Å². The molecule has 6 heteroatoms. The largest absolute Gasteiger partial charge is 0.378 e. The van der Waals surface area contributed by atoms with Gasteiger partial charge in [0.2, 0.25) is 0 Å². The Morgan fingerprint density at radius 3 is 2.75 bits per heavy atom. The van der Waals surface area contributed by atoms with E-state index in [1.165, 1.54) is 5.69 Å². The second-order valence-corrected chi connectivity index (χ2v) is 4.98. The summed E-state index contributed by atoms with van der Waals surface area (Å²) in [6.45, 7) is 7.46. The Bertz CT molecular complexity index is 566. The lowest BCUT2D eigenvalue weighted by molar-refractivity contribution is 0.181. The van der Waals surface area contributed by atoms with E-state index in [-0.39, 0.29) is 6.04 Å². The van der Waals surface area contributed by atoms with Gasteiger partial charge >= 0.3 is 0 Å². The van der Waals surface area contributed by atoms with Crippen molar-refractivity contribution >= 4 is 5.82 Å². The highest BCUT2D eigenvalue weighted by atomic mass is 16.5. The summed E-state index contributed by atoms with van der Waals surface area (Å²) in [5.41, 5.74) is 3.07. The fraction of sp³-hybridized carbons (Fsp3) is 0.500. The van der Waals surface area contributed by atoms with Gasteiger partial charge in [-0.3, -0.25) is 4.68 Å². The predicted molar refractivity (Wildman–Crippen MR) is 77.5 cm³/mol. The van der Waals surface area contributed by atoms with Gasteiger partial charge < -0.3 is 10.1 Å². The Morgan fingerprint density at radius 1 is 1.30 bits per heavy atom. The molecule has 2 aromatic heterocycles. The number of ether oxygens (including phenoxy) is 1. The molecule has 0 bridgehead atoms. The highest BCUT2D eigenvalue weighted by Gasteiger charge is 2.08. The minimum Gasteiger partial charge on any atom is -0.378 e. The van der Waals surface area contributed by atoms with Gasteiger partial charge in [-0.1, -0.05) is 0 Å². The Balaban J connectivity index is 1.99. The number of methoxy groups -OCH3 is 1. The average molecular weight is 275 g/mol. The first-order chi connectivity index (χ1) is 9.58. The van der Waals surface area contributed by atoms with E-state index in [9.17, 15) is 0 Å². The molecule has 2 aromatic rings. The van der Waals surface area contributed by atoms with E-state index in [1.54, 1.807) is 13.4 Å². The predicted octanol–water partition coefficient (Wildman–Crippen LogP) is 1.94. The molecule has 0 saturated heterocycles. The van der Waals surface area contributed by atoms with Crippen LogP contribution in [0.3, 0.4) is 0 Å². The maximum Gasteiger partial charge on any atom is 0.129 e. The molecule has 0 saturated carbocycles. The van der Waals surface area contributed by atoms with Gasteiger partial charge in [-0.25, -0.2) is 9.97 Å². The third-order valence-electron chi connectivity index (χ3n) is 2.96. The summed E-state index contributed by atoms with van der Waals surface area (Å²) in [6.07, 6.45) is 1.55. The molecule has 108 valence electrons. The molecule has 0 spiro atoms. The van der Waals surface area contributed by atoms with Gasteiger partial charge in [-0.2, -0.15) is 5.10 Å². The monoisotopic (exact) mass is 275 g/mol. The van der Waals surface area contributed by atoms with Gasteiger partial charge in [0.15, 0.2) is 0 Å². The van der Waals surface area contributed by atoms with Crippen molar-refractivity contribution in [3.63, 3.8) is 0 Å². The lowest BCUT2D eigenvalue weighted by atomic mass is 10.3. The number of nitrogens with zero attached hydrogens (tertiary/aromatic N) is 4. The first-order valence-corrected chi connectivity index (χ1v) is 6.66. The summed E-state index contributed by atoms with van der Waals surface area (Å²) in [7, 11) is 1.65. The lowest BCUT2D eigenvalue weighted by Gasteiger charge is -2.15. The van der Waals surface area contributed by atoms with Gasteiger partial charge in [0.1, 0.15) is 12.1 Å². The van der Waals surface area contributed by atoms with Crippen molar-refractivity contribution in [3.05, 3.63) is 35.5 Å². The minimum absolute atomic E-state index is 0.221. The molecule has 0 unspecified atom stereocenters. The fourth-order valence-electron chi connectivity index (χ4n) is 2.12. The van der Waals surface area contributed by atoms with Crippen LogP contribution in [-0.4, -0.2) is 32.9 Å². The van der Waals surface area contributed by atoms with E-state index >= 15 is 0 Å². The molecule has 2 heterocycles. The van der Waals surface area contributed by atoms with Crippen molar-refractivity contribution in [2.75, 3.05) is 12.4 Å². The van der Waals surface area contributed by atoms with E-state index in [0.29, 0.717) is 6.61 Å². The van der Waals surface area contributed by atoms with Gasteiger partial charge in [-0.15, -0.1) is 0 Å². The van der Waals surface area contributed by atoms with Gasteiger partial charge in [-0.05, 0) is 26.8 Å². The van der Waals surface area contributed by atoms with E-state index in [2.05, 4.69) is 40.3 Å². The standard InChI is InChI=1S/C14H21N5O/c1-10-5-12(3)19(18-10)7-11(2)17-14-6-13(8-20-4)15-9-16-14/h5-6,9,11H,7-8H2,1-4H3,(H,15,16,17)/t11-/m1/s1. The van der Waals surface area contributed by atoms with Crippen molar-refractivity contribution in [1.29, 1.82) is 0 Å². The number of aryl methyl sites for hydroxylation is 2. The summed E-state index contributed by atoms with van der Waals surface area (Å²) in [6, 6.07) is 4.20. The van der Waals surface area contributed by atoms with Crippen LogP contribution in [0, 0.1) is 13.8 Å². The highest BCUT2D eigenvalue weighted by Crippen LogP contribution is 2.09. The number of anilines is 1. The zero-order valence-corrected chi connectivity index (χ0v) is 12.4. The van der Waals surface area contributed by atoms with E-state index < -0.39 is 0 Å². The van der Waals surface area contributed by atoms with Crippen molar-refractivity contribution in [1.82, 2.24) is 19.7 Å². The molecule has 0 aliphatic heterocycles. The first-order valence-electron chi connectivity index (χ1n) is 6.66. The number of nitrogens with one attached hydrogen (secondary N) is 1. The molecule has 20 heavy (non-hydrogen) atoms. The maximum absolute atomic E-state index is 5.07. The van der Waals surface area contributed by atoms with Crippen LogP contribution in [0.2, 0.25) is 0 Å². The van der Waals surface area contributed by atoms with Crippen LogP contribution in [0.15, 0.2) is 18.5 Å². The smallest absolute Gasteiger partial charge is 0.129 e. The van der Waals surface area contributed by atoms with Crippen LogP contribution in [0.25, 0.3) is 0 Å². The second kappa shape index (κ2) is 6.47. The topological polar surface area (TPSA) is 64.9 Å². The Hall–Kier alpha value is -1.95. The van der Waals surface area contributed by atoms with Crippen LogP contribution in [0.1, 0.15) is 24.0 Å². The summed E-state index contributed by atoms with van der Waals surface area (Å²) in [5.74, 6) is 0.807. The van der Waals surface area contributed by atoms with Crippen molar-refractivity contribution in [2.45, 2.75) is 40.0 Å². The van der Waals surface area contributed by atoms with Crippen molar-refractivity contribution < 1.29 is 4.74 Å². The fourth-order valence-corrected chi connectivity index (χ4v) is 2.12. The number of hydrogen-bond acceptors (Lipinski definition) is 5. The minimum atomic E-state index is 0.221. The summed E-state index contributed by atoms with van der Waals surface area (Å²) < 4.78 is 7.07. The van der Waals surface area contributed by atoms with Crippen LogP contribution >= 0.6 is 0 Å². The van der Waals surface area contributed by atoms with Gasteiger partial charge in [0.05, 0.1) is 24.5 Å². The Labute approximate surface area is 119 Å². The van der Waals surface area contributed by atoms with E-state index in [1.807, 2.05) is 17.7 Å². The van der Waals surface area contributed by atoms with Crippen LogP contribution in [0.4, 0.5) is 5.82 Å². The molecule has 0 aliphatic rings. The zero-order chi connectivity index (χ0) is 14.5. The third-order valence-corrected chi connectivity index (χ3v) is 2.96. The molecule has 0 amide bonds. The zero-order valence-electron chi connectivity index (χ0n) is 12.4. The van der Waals surface area contributed by atoms with Crippen LogP contribution < -0.4 is 5.32 Å². The van der Waals surface area contributed by atoms with Crippen molar-refractivity contribution in [2.24, 2.45) is 0 Å². The Morgan fingerprint density at radius 2 is 2.10 bits per heavy atom. The molecular formula is C14H21N5O. The molecule has 2 rings (SSSR count). The molecule has 1 atom stereocenters. The number of rotatable bonds is 6. The normalized spacial score (nSPS) is 12.4. The molecule has 0 radical (unpaired) electrons. The molecular weight excluding hydrogens is 254 g/mol. The molecule has 6 nitrogen and oxygen atoms in total. The average Bonchev–Trinajstić information content (AvgIpc) is 2.68. The summed E-state index contributed by atoms with van der Waals surface area (Å²) >= 11 is 0. The molecule has 0 aliphatic carbocycles. The summed E-state index contributed by atoms with van der Waals surface area (Å²) in [5, 5.41) is 7.82. The van der Waals surface area contributed by atoms with E-state index in [4.69, 9.17) is 4.74 Å². The van der Waals surface area contributed by atoms with Crippen LogP contribution in [-0.2, 0) is 17.9 Å². The van der Waals surface area contributed by atoms with Crippen LogP contribution in [0.5, 0.6) is 0 Å². The summed E-state index contributed by atoms with van der Waals surface area (Å²) in [4.78, 5) is 8.37. The molecule has 0 aromatic carbocycles. The lowest BCUT2D eigenvalue weighted by Crippen LogP contribution is -2.24. The van der Waals surface area contributed by atoms with Gasteiger partial charge in [0.25, 0.3) is 0 Å². The number of hydrogen-bond donors (Lipinski definition) is 1. The molecule has 1 N–H and O–H groups in total. The molecule has 0 fully saturated rings. The SMILES string of the molecule is COCc1cc(N[C@H](C)Cn2nc(C)cc2C)ncn1. The number of aromatic nitrogens is 4. The first kappa shape index (κ1) is 14.5. The second-order valence-electron chi connectivity index (χ2n) is 4.98. The maximum atomic E-state index is 5.07. The van der Waals surface area contributed by atoms with Gasteiger partial charge in [0, 0.05) is 24.9 Å². The quantitative estimate of drug-likeness (QED) is 0.872. The highest BCUT2D eigenvalue weighted by molar-refractivity contribution is 5.35. The van der Waals surface area contributed by atoms with Crippen molar-refractivity contribution in [3.8, 4) is 0 Å². The third kappa shape index (κ3) is 3.77. The Kier molecular flexibility index (Phi) is 4.68.